The van der Waals surface area contributed by atoms with Crippen molar-refractivity contribution in [1.82, 2.24) is 25.1 Å². The van der Waals surface area contributed by atoms with E-state index in [2.05, 4.69) is 49.3 Å². The van der Waals surface area contributed by atoms with Gasteiger partial charge in [0, 0.05) is 68.5 Å². The number of benzene rings is 1. The average molecular weight is 481 g/mol. The number of ether oxygens (including phenoxy) is 1. The summed E-state index contributed by atoms with van der Waals surface area (Å²) in [6, 6.07) is 5.04. The third-order valence-corrected chi connectivity index (χ3v) is 6.62. The number of anilines is 3. The molecule has 0 radical (unpaired) electrons. The van der Waals surface area contributed by atoms with Gasteiger partial charge in [0.25, 0.3) is 5.91 Å². The zero-order valence-electron chi connectivity index (χ0n) is 19.9. The van der Waals surface area contributed by atoms with Crippen LogP contribution >= 0.6 is 0 Å². The molecule has 2 saturated heterocycles. The zero-order chi connectivity index (χ0) is 24.4. The Labute approximate surface area is 203 Å². The molecule has 2 N–H and O–H groups in total. The number of hydrogen-bond donors (Lipinski definition) is 2. The average Bonchev–Trinajstić information content (AvgIpc) is 3.43. The number of nitrogens with zero attached hydrogens (tertiary/aromatic N) is 6. The number of H-pyrrole nitrogens is 1. The van der Waals surface area contributed by atoms with E-state index in [1.54, 1.807) is 24.5 Å². The summed E-state index contributed by atoms with van der Waals surface area (Å²) >= 11 is 0. The molecule has 0 saturated carbocycles. The number of halogens is 1. The summed E-state index contributed by atoms with van der Waals surface area (Å²) in [5.74, 6) is -0.149. The molecule has 4 heterocycles. The molecular formula is C24H29FN8O2. The Morgan fingerprint density at radius 1 is 1.14 bits per heavy atom. The number of carbonyl (C=O) groups is 1. The first-order valence-corrected chi connectivity index (χ1v) is 11.7. The van der Waals surface area contributed by atoms with Crippen LogP contribution in [0.1, 0.15) is 17.4 Å². The van der Waals surface area contributed by atoms with E-state index in [0.717, 1.165) is 32.7 Å². The third-order valence-electron chi connectivity index (χ3n) is 6.62. The highest BCUT2D eigenvalue weighted by atomic mass is 19.1. The van der Waals surface area contributed by atoms with Crippen LogP contribution in [0.4, 0.5) is 21.7 Å². The lowest BCUT2D eigenvalue weighted by molar-refractivity contribution is 0.102. The molecule has 184 valence electrons. The number of piperazine rings is 1. The molecule has 1 aromatic carbocycles. The quantitative estimate of drug-likeness (QED) is 0.573. The van der Waals surface area contributed by atoms with Crippen LogP contribution in [0.15, 0.2) is 36.8 Å². The Morgan fingerprint density at radius 2 is 1.91 bits per heavy atom. The lowest BCUT2D eigenvalue weighted by Crippen LogP contribution is -2.50. The fourth-order valence-electron chi connectivity index (χ4n) is 4.37. The Kier molecular flexibility index (Phi) is 6.60. The highest BCUT2D eigenvalue weighted by Crippen LogP contribution is 2.35. The minimum atomic E-state index is -0.395. The molecule has 3 aromatic rings. The standard InChI is InChI=1S/C24H29FN8O2/c1-16-15-33(6-5-31(16)2)22-12-19(25)18(11-21(22)29-23(34)20-3-4-28-30-20)17-13-26-24(27-14-17)32-7-9-35-10-8-32/h3-4,11-14,16H,5-10,15H2,1-2H3,(H,28,30)(H,29,34)/t16-/m1/s1. The van der Waals surface area contributed by atoms with E-state index < -0.39 is 5.82 Å². The highest BCUT2D eigenvalue weighted by molar-refractivity contribution is 6.05. The molecule has 2 fully saturated rings. The summed E-state index contributed by atoms with van der Waals surface area (Å²) in [5.41, 5.74) is 2.35. The van der Waals surface area contributed by atoms with E-state index in [-0.39, 0.29) is 5.91 Å². The summed E-state index contributed by atoms with van der Waals surface area (Å²) < 4.78 is 20.8. The van der Waals surface area contributed by atoms with E-state index in [1.165, 1.54) is 12.3 Å². The number of likely N-dealkylation sites (N-methyl/N-ethyl adjacent to an activating group) is 1. The molecule has 1 atom stereocenters. The van der Waals surface area contributed by atoms with Gasteiger partial charge in [-0.1, -0.05) is 0 Å². The highest BCUT2D eigenvalue weighted by Gasteiger charge is 2.25. The Balaban J connectivity index is 1.48. The molecule has 0 aliphatic carbocycles. The van der Waals surface area contributed by atoms with E-state index >= 15 is 4.39 Å². The maximum Gasteiger partial charge on any atom is 0.273 e. The number of aromatic nitrogens is 4. The van der Waals surface area contributed by atoms with Crippen molar-refractivity contribution in [3.05, 3.63) is 48.3 Å². The fourth-order valence-corrected chi connectivity index (χ4v) is 4.37. The Morgan fingerprint density at radius 3 is 2.60 bits per heavy atom. The number of rotatable bonds is 5. The number of amides is 1. The van der Waals surface area contributed by atoms with Gasteiger partial charge in [0.1, 0.15) is 11.5 Å². The smallest absolute Gasteiger partial charge is 0.273 e. The predicted octanol–water partition coefficient (Wildman–Crippen LogP) is 2.23. The second-order valence-electron chi connectivity index (χ2n) is 8.92. The predicted molar refractivity (Wildman–Crippen MR) is 131 cm³/mol. The van der Waals surface area contributed by atoms with Crippen LogP contribution in [0.25, 0.3) is 11.1 Å². The van der Waals surface area contributed by atoms with Crippen LogP contribution in [0, 0.1) is 5.82 Å². The van der Waals surface area contributed by atoms with Crippen LogP contribution < -0.4 is 15.1 Å². The first-order chi connectivity index (χ1) is 17.0. The Bertz CT molecular complexity index is 1170. The minimum Gasteiger partial charge on any atom is -0.378 e. The molecule has 1 amide bonds. The number of hydrogen-bond acceptors (Lipinski definition) is 8. The lowest BCUT2D eigenvalue weighted by Gasteiger charge is -2.39. The van der Waals surface area contributed by atoms with Gasteiger partial charge in [-0.05, 0) is 32.2 Å². The molecule has 2 aliphatic heterocycles. The number of aromatic amines is 1. The molecule has 2 aliphatic rings. The summed E-state index contributed by atoms with van der Waals surface area (Å²) in [6.07, 6.45) is 4.75. The van der Waals surface area contributed by atoms with Crippen LogP contribution in [0.5, 0.6) is 0 Å². The maximum atomic E-state index is 15.5. The minimum absolute atomic E-state index is 0.295. The number of carbonyl (C=O) groups excluding carboxylic acids is 1. The molecule has 2 aromatic heterocycles. The van der Waals surface area contributed by atoms with Crippen molar-refractivity contribution in [2.24, 2.45) is 0 Å². The first-order valence-electron chi connectivity index (χ1n) is 11.7. The second kappa shape index (κ2) is 9.96. The molecule has 11 heteroatoms. The van der Waals surface area contributed by atoms with Crippen molar-refractivity contribution in [2.45, 2.75) is 13.0 Å². The van der Waals surface area contributed by atoms with Gasteiger partial charge in [-0.2, -0.15) is 5.10 Å². The van der Waals surface area contributed by atoms with Crippen LogP contribution in [0.3, 0.4) is 0 Å². The first kappa shape index (κ1) is 23.2. The summed E-state index contributed by atoms with van der Waals surface area (Å²) in [7, 11) is 2.08. The monoisotopic (exact) mass is 480 g/mol. The maximum absolute atomic E-state index is 15.5. The van der Waals surface area contributed by atoms with Gasteiger partial charge in [-0.3, -0.25) is 9.89 Å². The van der Waals surface area contributed by atoms with Gasteiger partial charge in [-0.25, -0.2) is 14.4 Å². The van der Waals surface area contributed by atoms with Crippen molar-refractivity contribution >= 4 is 23.2 Å². The third kappa shape index (κ3) is 4.96. The van der Waals surface area contributed by atoms with Crippen molar-refractivity contribution in [2.75, 3.05) is 68.1 Å². The topological polar surface area (TPSA) is 103 Å². The van der Waals surface area contributed by atoms with E-state index in [0.29, 0.717) is 53.4 Å². The molecule has 0 bridgehead atoms. The van der Waals surface area contributed by atoms with Crippen molar-refractivity contribution in [3.63, 3.8) is 0 Å². The molecule has 0 unspecified atom stereocenters. The lowest BCUT2D eigenvalue weighted by atomic mass is 10.0. The van der Waals surface area contributed by atoms with Crippen LogP contribution in [-0.2, 0) is 4.74 Å². The van der Waals surface area contributed by atoms with Gasteiger partial charge < -0.3 is 24.8 Å². The zero-order valence-corrected chi connectivity index (χ0v) is 19.9. The molecule has 0 spiro atoms. The molecule has 10 nitrogen and oxygen atoms in total. The van der Waals surface area contributed by atoms with Crippen LogP contribution in [-0.4, -0.2) is 90.0 Å². The van der Waals surface area contributed by atoms with E-state index in [9.17, 15) is 4.79 Å². The largest absolute Gasteiger partial charge is 0.378 e. The van der Waals surface area contributed by atoms with Crippen molar-refractivity contribution in [3.8, 4) is 11.1 Å². The van der Waals surface area contributed by atoms with E-state index in [4.69, 9.17) is 4.74 Å². The van der Waals surface area contributed by atoms with Gasteiger partial charge in [0.2, 0.25) is 5.95 Å². The SMILES string of the molecule is C[C@@H]1CN(c2cc(F)c(-c3cnc(N4CCOCC4)nc3)cc2NC(=O)c2ccn[nH]2)CCN1C. The second-order valence-corrected chi connectivity index (χ2v) is 8.92. The van der Waals surface area contributed by atoms with Crippen molar-refractivity contribution < 1.29 is 13.9 Å². The van der Waals surface area contributed by atoms with Gasteiger partial charge >= 0.3 is 0 Å². The van der Waals surface area contributed by atoms with Gasteiger partial charge in [-0.15, -0.1) is 0 Å². The summed E-state index contributed by atoms with van der Waals surface area (Å²) in [5, 5.41) is 9.47. The Hall–Kier alpha value is -3.57. The van der Waals surface area contributed by atoms with Crippen LogP contribution in [0.2, 0.25) is 0 Å². The van der Waals surface area contributed by atoms with Gasteiger partial charge in [0.05, 0.1) is 24.6 Å². The number of morpholine rings is 1. The van der Waals surface area contributed by atoms with Gasteiger partial charge in [0.15, 0.2) is 0 Å². The number of nitrogens with one attached hydrogen (secondary N) is 2. The summed E-state index contributed by atoms with van der Waals surface area (Å²) in [6.45, 7) is 7.12. The van der Waals surface area contributed by atoms with E-state index in [1.807, 2.05) is 4.90 Å². The summed E-state index contributed by atoms with van der Waals surface area (Å²) in [4.78, 5) is 28.2. The van der Waals surface area contributed by atoms with Crippen molar-refractivity contribution in [1.29, 1.82) is 0 Å². The fraction of sp³-hybridized carbons (Fsp3) is 0.417. The molecule has 5 rings (SSSR count). The molecular weight excluding hydrogens is 451 g/mol. The molecule has 35 heavy (non-hydrogen) atoms. The normalized spacial score (nSPS) is 19.1.